The van der Waals surface area contributed by atoms with E-state index < -0.39 is 0 Å². The van der Waals surface area contributed by atoms with E-state index in [0.29, 0.717) is 28.6 Å². The van der Waals surface area contributed by atoms with Crippen LogP contribution in [0.5, 0.6) is 5.75 Å². The zero-order valence-electron chi connectivity index (χ0n) is 14.0. The number of thioether (sulfide) groups is 1. The van der Waals surface area contributed by atoms with Gasteiger partial charge < -0.3 is 15.4 Å². The van der Waals surface area contributed by atoms with Gasteiger partial charge in [-0.25, -0.2) is 0 Å². The molecule has 0 spiro atoms. The van der Waals surface area contributed by atoms with E-state index in [0.717, 1.165) is 4.90 Å². The van der Waals surface area contributed by atoms with Gasteiger partial charge in [-0.05, 0) is 55.6 Å². The van der Waals surface area contributed by atoms with Gasteiger partial charge in [0.15, 0.2) is 6.61 Å². The van der Waals surface area contributed by atoms with Crippen LogP contribution in [-0.2, 0) is 4.79 Å². The minimum absolute atomic E-state index is 0.0450. The summed E-state index contributed by atoms with van der Waals surface area (Å²) in [5, 5.41) is 5.85. The Balaban J connectivity index is 1.99. The highest BCUT2D eigenvalue weighted by Crippen LogP contribution is 2.24. The first-order chi connectivity index (χ1) is 12.0. The predicted molar refractivity (Wildman–Crippen MR) is 102 cm³/mol. The standard InChI is InChI=1S/C18H19ClN2O3S/c1-3-20-17(22)11-24-13-6-4-12(5-7-13)21-18(23)15-10-14(25-2)8-9-16(15)19/h4-10H,3,11H2,1-2H3,(H,20,22)(H,21,23). The predicted octanol–water partition coefficient (Wildman–Crippen LogP) is 3.83. The highest BCUT2D eigenvalue weighted by molar-refractivity contribution is 7.98. The average Bonchev–Trinajstić information content (AvgIpc) is 2.61. The lowest BCUT2D eigenvalue weighted by molar-refractivity contribution is -0.122. The number of amides is 2. The van der Waals surface area contributed by atoms with E-state index in [1.54, 1.807) is 48.2 Å². The minimum Gasteiger partial charge on any atom is -0.484 e. The molecule has 0 unspecified atom stereocenters. The molecule has 0 aromatic heterocycles. The molecule has 0 bridgehead atoms. The molecule has 0 radical (unpaired) electrons. The lowest BCUT2D eigenvalue weighted by atomic mass is 10.2. The maximum Gasteiger partial charge on any atom is 0.257 e. The SMILES string of the molecule is CCNC(=O)COc1ccc(NC(=O)c2cc(SC)ccc2Cl)cc1. The van der Waals surface area contributed by atoms with E-state index in [1.807, 2.05) is 19.2 Å². The highest BCUT2D eigenvalue weighted by atomic mass is 35.5. The van der Waals surface area contributed by atoms with Crippen molar-refractivity contribution >= 4 is 40.9 Å². The summed E-state index contributed by atoms with van der Waals surface area (Å²) in [4.78, 5) is 24.7. The molecule has 2 rings (SSSR count). The summed E-state index contributed by atoms with van der Waals surface area (Å²) in [6.45, 7) is 2.36. The first-order valence-corrected chi connectivity index (χ1v) is 9.28. The van der Waals surface area contributed by atoms with Gasteiger partial charge in [-0.3, -0.25) is 9.59 Å². The van der Waals surface area contributed by atoms with Gasteiger partial charge in [-0.2, -0.15) is 0 Å². The van der Waals surface area contributed by atoms with Crippen molar-refractivity contribution in [1.82, 2.24) is 5.32 Å². The summed E-state index contributed by atoms with van der Waals surface area (Å²) < 4.78 is 5.37. The summed E-state index contributed by atoms with van der Waals surface area (Å²) in [7, 11) is 0. The second kappa shape index (κ2) is 9.34. The second-order valence-electron chi connectivity index (χ2n) is 5.07. The minimum atomic E-state index is -0.281. The number of anilines is 1. The number of hydrogen-bond donors (Lipinski definition) is 2. The Kier molecular flexibility index (Phi) is 7.16. The Morgan fingerprint density at radius 1 is 1.16 bits per heavy atom. The smallest absolute Gasteiger partial charge is 0.257 e. The molecular formula is C18H19ClN2O3S. The summed E-state index contributed by atoms with van der Waals surface area (Å²) in [6.07, 6.45) is 1.93. The number of halogens is 1. The van der Waals surface area contributed by atoms with E-state index in [2.05, 4.69) is 10.6 Å². The number of nitrogens with one attached hydrogen (secondary N) is 2. The van der Waals surface area contributed by atoms with Crippen LogP contribution in [0, 0.1) is 0 Å². The maximum atomic E-state index is 12.4. The Morgan fingerprint density at radius 2 is 1.88 bits per heavy atom. The third-order valence-electron chi connectivity index (χ3n) is 3.27. The van der Waals surface area contributed by atoms with Gasteiger partial charge in [-0.1, -0.05) is 11.6 Å². The van der Waals surface area contributed by atoms with Crippen molar-refractivity contribution in [2.75, 3.05) is 24.7 Å². The molecule has 0 aliphatic heterocycles. The molecule has 2 aromatic carbocycles. The fourth-order valence-electron chi connectivity index (χ4n) is 2.04. The van der Waals surface area contributed by atoms with Gasteiger partial charge in [-0.15, -0.1) is 11.8 Å². The Morgan fingerprint density at radius 3 is 2.52 bits per heavy atom. The van der Waals surface area contributed by atoms with Crippen molar-refractivity contribution in [3.63, 3.8) is 0 Å². The quantitative estimate of drug-likeness (QED) is 0.718. The maximum absolute atomic E-state index is 12.4. The second-order valence-corrected chi connectivity index (χ2v) is 6.35. The van der Waals surface area contributed by atoms with Crippen LogP contribution in [0.1, 0.15) is 17.3 Å². The zero-order valence-corrected chi connectivity index (χ0v) is 15.5. The molecule has 0 saturated carbocycles. The first-order valence-electron chi connectivity index (χ1n) is 7.68. The number of benzene rings is 2. The van der Waals surface area contributed by atoms with Crippen molar-refractivity contribution in [2.45, 2.75) is 11.8 Å². The molecule has 2 N–H and O–H groups in total. The molecule has 0 heterocycles. The first kappa shape index (κ1) is 19.1. The largest absolute Gasteiger partial charge is 0.484 e. The van der Waals surface area contributed by atoms with Crippen LogP contribution >= 0.6 is 23.4 Å². The highest BCUT2D eigenvalue weighted by Gasteiger charge is 2.12. The number of carbonyl (C=O) groups excluding carboxylic acids is 2. The van der Waals surface area contributed by atoms with Gasteiger partial charge in [0.05, 0.1) is 10.6 Å². The summed E-state index contributed by atoms with van der Waals surface area (Å²) in [5.41, 5.74) is 1.03. The van der Waals surface area contributed by atoms with Crippen LogP contribution in [0.4, 0.5) is 5.69 Å². The lowest BCUT2D eigenvalue weighted by Gasteiger charge is -2.10. The number of hydrogen-bond acceptors (Lipinski definition) is 4. The van der Waals surface area contributed by atoms with Crippen molar-refractivity contribution in [3.8, 4) is 5.75 Å². The molecular weight excluding hydrogens is 360 g/mol. The normalized spacial score (nSPS) is 10.2. The van der Waals surface area contributed by atoms with Crippen LogP contribution in [0.25, 0.3) is 0 Å². The molecule has 2 aromatic rings. The molecule has 7 heteroatoms. The fraction of sp³-hybridized carbons (Fsp3) is 0.222. The van der Waals surface area contributed by atoms with E-state index in [4.69, 9.17) is 16.3 Å². The molecule has 25 heavy (non-hydrogen) atoms. The van der Waals surface area contributed by atoms with Crippen molar-refractivity contribution in [3.05, 3.63) is 53.1 Å². The topological polar surface area (TPSA) is 67.4 Å². The fourth-order valence-corrected chi connectivity index (χ4v) is 2.68. The Hall–Kier alpha value is -2.18. The zero-order chi connectivity index (χ0) is 18.2. The average molecular weight is 379 g/mol. The summed E-state index contributed by atoms with van der Waals surface area (Å²) >= 11 is 7.65. The van der Waals surface area contributed by atoms with Crippen LogP contribution in [0.15, 0.2) is 47.4 Å². The number of rotatable bonds is 7. The summed E-state index contributed by atoms with van der Waals surface area (Å²) in [6, 6.07) is 12.1. The third-order valence-corrected chi connectivity index (χ3v) is 4.33. The molecule has 0 fully saturated rings. The molecule has 5 nitrogen and oxygen atoms in total. The monoisotopic (exact) mass is 378 g/mol. The molecule has 0 aliphatic carbocycles. The van der Waals surface area contributed by atoms with Crippen LogP contribution in [-0.4, -0.2) is 31.2 Å². The van der Waals surface area contributed by atoms with Crippen LogP contribution < -0.4 is 15.4 Å². The van der Waals surface area contributed by atoms with Crippen LogP contribution in [0.3, 0.4) is 0 Å². The number of likely N-dealkylation sites (N-methyl/N-ethyl adjacent to an activating group) is 1. The molecule has 132 valence electrons. The van der Waals surface area contributed by atoms with Gasteiger partial charge in [0.25, 0.3) is 11.8 Å². The van der Waals surface area contributed by atoms with Gasteiger partial charge in [0, 0.05) is 17.1 Å². The van der Waals surface area contributed by atoms with E-state index >= 15 is 0 Å². The third kappa shape index (κ3) is 5.69. The molecule has 0 aliphatic rings. The van der Waals surface area contributed by atoms with E-state index in [9.17, 15) is 9.59 Å². The van der Waals surface area contributed by atoms with E-state index in [1.165, 1.54) is 0 Å². The number of ether oxygens (including phenoxy) is 1. The van der Waals surface area contributed by atoms with Gasteiger partial charge >= 0.3 is 0 Å². The van der Waals surface area contributed by atoms with Crippen molar-refractivity contribution in [2.24, 2.45) is 0 Å². The van der Waals surface area contributed by atoms with Crippen molar-refractivity contribution in [1.29, 1.82) is 0 Å². The lowest BCUT2D eigenvalue weighted by Crippen LogP contribution is -2.28. The molecule has 0 saturated heterocycles. The molecule has 2 amide bonds. The Labute approximate surface area is 156 Å². The Bertz CT molecular complexity index is 750. The van der Waals surface area contributed by atoms with Crippen molar-refractivity contribution < 1.29 is 14.3 Å². The molecule has 0 atom stereocenters. The number of carbonyl (C=O) groups is 2. The van der Waals surface area contributed by atoms with E-state index in [-0.39, 0.29) is 18.4 Å². The van der Waals surface area contributed by atoms with Gasteiger partial charge in [0.2, 0.25) is 0 Å². The van der Waals surface area contributed by atoms with Crippen LogP contribution in [0.2, 0.25) is 5.02 Å². The summed E-state index contributed by atoms with van der Waals surface area (Å²) in [5.74, 6) is 0.0896. The van der Waals surface area contributed by atoms with Gasteiger partial charge in [0.1, 0.15) is 5.75 Å².